The van der Waals surface area contributed by atoms with E-state index < -0.39 is 0 Å². The Balaban J connectivity index is 2.08. The lowest BCUT2D eigenvalue weighted by atomic mass is 10.1. The normalized spacial score (nSPS) is 10.9. The topological polar surface area (TPSA) is 29.3 Å². The van der Waals surface area contributed by atoms with Crippen LogP contribution in [0.3, 0.4) is 0 Å². The quantitative estimate of drug-likeness (QED) is 0.864. The number of halogens is 2. The number of hydrogen-bond donors (Lipinski definition) is 1. The molecule has 0 atom stereocenters. The summed E-state index contributed by atoms with van der Waals surface area (Å²) in [5.41, 5.74) is 7.36. The van der Waals surface area contributed by atoms with Gasteiger partial charge in [-0.3, -0.25) is 4.90 Å². The molecule has 2 rings (SSSR count). The Hall–Kier alpha value is -1.58. The van der Waals surface area contributed by atoms with Gasteiger partial charge in [0.15, 0.2) is 5.82 Å². The highest BCUT2D eigenvalue weighted by Crippen LogP contribution is 2.19. The standard InChI is InChI=1S/C15H16ClFN2/c1-19(9-11-5-2-3-7-13(11)16)10-12-6-4-8-14(18)15(12)17/h2-8H,9-10,18H2,1H3. The van der Waals surface area contributed by atoms with E-state index in [2.05, 4.69) is 0 Å². The molecule has 19 heavy (non-hydrogen) atoms. The highest BCUT2D eigenvalue weighted by atomic mass is 35.5. The van der Waals surface area contributed by atoms with Crippen molar-refractivity contribution in [1.29, 1.82) is 0 Å². The molecule has 2 nitrogen and oxygen atoms in total. The Morgan fingerprint density at radius 3 is 2.42 bits per heavy atom. The molecule has 100 valence electrons. The summed E-state index contributed by atoms with van der Waals surface area (Å²) in [7, 11) is 1.92. The van der Waals surface area contributed by atoms with Crippen molar-refractivity contribution in [3.8, 4) is 0 Å². The second-order valence-corrected chi connectivity index (χ2v) is 4.99. The summed E-state index contributed by atoms with van der Waals surface area (Å²) in [6.45, 7) is 1.15. The predicted molar refractivity (Wildman–Crippen MR) is 77.4 cm³/mol. The van der Waals surface area contributed by atoms with Gasteiger partial charge in [0.25, 0.3) is 0 Å². The van der Waals surface area contributed by atoms with Crippen LogP contribution in [-0.2, 0) is 13.1 Å². The van der Waals surface area contributed by atoms with Crippen LogP contribution in [0.15, 0.2) is 42.5 Å². The maximum Gasteiger partial charge on any atom is 0.150 e. The molecule has 0 fully saturated rings. The maximum atomic E-state index is 13.8. The molecule has 2 N–H and O–H groups in total. The average molecular weight is 279 g/mol. The summed E-state index contributed by atoms with van der Waals surface area (Å²) in [6.07, 6.45) is 0. The second-order valence-electron chi connectivity index (χ2n) is 4.58. The highest BCUT2D eigenvalue weighted by molar-refractivity contribution is 6.31. The molecular formula is C15H16ClFN2. The minimum absolute atomic E-state index is 0.184. The molecule has 0 bridgehead atoms. The van der Waals surface area contributed by atoms with Crippen molar-refractivity contribution < 1.29 is 4.39 Å². The van der Waals surface area contributed by atoms with E-state index in [-0.39, 0.29) is 11.5 Å². The van der Waals surface area contributed by atoms with Crippen LogP contribution >= 0.6 is 11.6 Å². The van der Waals surface area contributed by atoms with E-state index in [1.54, 1.807) is 18.2 Å². The molecular weight excluding hydrogens is 263 g/mol. The van der Waals surface area contributed by atoms with Crippen LogP contribution in [0.4, 0.5) is 10.1 Å². The Morgan fingerprint density at radius 1 is 1.05 bits per heavy atom. The molecule has 0 saturated heterocycles. The number of benzene rings is 2. The van der Waals surface area contributed by atoms with Crippen LogP contribution in [0.1, 0.15) is 11.1 Å². The summed E-state index contributed by atoms with van der Waals surface area (Å²) in [5, 5.41) is 0.724. The number of hydrogen-bond acceptors (Lipinski definition) is 2. The number of nitrogens with zero attached hydrogens (tertiary/aromatic N) is 1. The lowest BCUT2D eigenvalue weighted by molar-refractivity contribution is 0.314. The van der Waals surface area contributed by atoms with Gasteiger partial charge in [0.05, 0.1) is 5.69 Å². The van der Waals surface area contributed by atoms with Crippen molar-refractivity contribution in [2.24, 2.45) is 0 Å². The zero-order valence-corrected chi connectivity index (χ0v) is 11.5. The average Bonchev–Trinajstić information content (AvgIpc) is 2.38. The Kier molecular flexibility index (Phi) is 4.40. The Bertz CT molecular complexity index is 572. The highest BCUT2D eigenvalue weighted by Gasteiger charge is 2.09. The van der Waals surface area contributed by atoms with Gasteiger partial charge >= 0.3 is 0 Å². The SMILES string of the molecule is CN(Cc1ccccc1Cl)Cc1cccc(N)c1F. The molecule has 0 spiro atoms. The molecule has 0 aromatic heterocycles. The molecule has 0 unspecified atom stereocenters. The fourth-order valence-electron chi connectivity index (χ4n) is 1.99. The largest absolute Gasteiger partial charge is 0.396 e. The first-order chi connectivity index (χ1) is 9.08. The van der Waals surface area contributed by atoms with E-state index in [1.165, 1.54) is 0 Å². The van der Waals surface area contributed by atoms with Gasteiger partial charge in [0.2, 0.25) is 0 Å². The first kappa shape index (κ1) is 13.8. The summed E-state index contributed by atoms with van der Waals surface area (Å²) in [4.78, 5) is 2.00. The molecule has 0 heterocycles. The third-order valence-corrected chi connectivity index (χ3v) is 3.32. The Morgan fingerprint density at radius 2 is 1.68 bits per heavy atom. The van der Waals surface area contributed by atoms with Crippen LogP contribution in [0, 0.1) is 5.82 Å². The molecule has 2 aromatic rings. The van der Waals surface area contributed by atoms with E-state index in [0.29, 0.717) is 18.7 Å². The van der Waals surface area contributed by atoms with Crippen LogP contribution in [0.25, 0.3) is 0 Å². The summed E-state index contributed by atoms with van der Waals surface area (Å²) < 4.78 is 13.8. The van der Waals surface area contributed by atoms with Crippen LogP contribution in [0.5, 0.6) is 0 Å². The van der Waals surface area contributed by atoms with E-state index in [1.807, 2.05) is 36.2 Å². The molecule has 0 amide bonds. The van der Waals surface area contributed by atoms with Crippen molar-refractivity contribution in [3.05, 3.63) is 64.4 Å². The third-order valence-electron chi connectivity index (χ3n) is 2.95. The fourth-order valence-corrected chi connectivity index (χ4v) is 2.18. The summed E-state index contributed by atoms with van der Waals surface area (Å²) >= 11 is 6.11. The zero-order chi connectivity index (χ0) is 13.8. The lowest BCUT2D eigenvalue weighted by Crippen LogP contribution is -2.18. The third kappa shape index (κ3) is 3.46. The fraction of sp³-hybridized carbons (Fsp3) is 0.200. The van der Waals surface area contributed by atoms with E-state index in [4.69, 9.17) is 17.3 Å². The molecule has 0 aliphatic rings. The van der Waals surface area contributed by atoms with Crippen LogP contribution in [-0.4, -0.2) is 11.9 Å². The molecule has 0 radical (unpaired) electrons. The number of nitrogens with two attached hydrogens (primary N) is 1. The van der Waals surface area contributed by atoms with Gasteiger partial charge in [-0.25, -0.2) is 4.39 Å². The van der Waals surface area contributed by atoms with Crippen molar-refractivity contribution in [2.45, 2.75) is 13.1 Å². The van der Waals surface area contributed by atoms with Crippen LogP contribution < -0.4 is 5.73 Å². The number of anilines is 1. The lowest BCUT2D eigenvalue weighted by Gasteiger charge is -2.18. The predicted octanol–water partition coefficient (Wildman–Crippen LogP) is 3.69. The zero-order valence-electron chi connectivity index (χ0n) is 10.7. The second kappa shape index (κ2) is 6.04. The van der Waals surface area contributed by atoms with E-state index in [9.17, 15) is 4.39 Å². The summed E-state index contributed by atoms with van der Waals surface area (Å²) in [6, 6.07) is 12.7. The molecule has 2 aromatic carbocycles. The minimum Gasteiger partial charge on any atom is -0.396 e. The first-order valence-corrected chi connectivity index (χ1v) is 6.40. The van der Waals surface area contributed by atoms with Crippen molar-refractivity contribution >= 4 is 17.3 Å². The monoisotopic (exact) mass is 278 g/mol. The Labute approximate surface area is 117 Å². The van der Waals surface area contributed by atoms with Gasteiger partial charge in [-0.05, 0) is 24.7 Å². The van der Waals surface area contributed by atoms with Crippen LogP contribution in [0.2, 0.25) is 5.02 Å². The van der Waals surface area contributed by atoms with Gasteiger partial charge < -0.3 is 5.73 Å². The van der Waals surface area contributed by atoms with Crippen molar-refractivity contribution in [1.82, 2.24) is 4.90 Å². The van der Waals surface area contributed by atoms with Gasteiger partial charge in [-0.2, -0.15) is 0 Å². The smallest absolute Gasteiger partial charge is 0.150 e. The van der Waals surface area contributed by atoms with Gasteiger partial charge in [0.1, 0.15) is 0 Å². The van der Waals surface area contributed by atoms with Gasteiger partial charge in [-0.1, -0.05) is 41.9 Å². The molecule has 4 heteroatoms. The van der Waals surface area contributed by atoms with Gasteiger partial charge in [0, 0.05) is 23.7 Å². The molecule has 0 saturated carbocycles. The number of nitrogen functional groups attached to an aromatic ring is 1. The molecule has 0 aliphatic carbocycles. The van der Waals surface area contributed by atoms with E-state index in [0.717, 1.165) is 10.6 Å². The first-order valence-electron chi connectivity index (χ1n) is 6.02. The van der Waals surface area contributed by atoms with E-state index >= 15 is 0 Å². The molecule has 0 aliphatic heterocycles. The maximum absolute atomic E-state index is 13.8. The van der Waals surface area contributed by atoms with Crippen molar-refractivity contribution in [3.63, 3.8) is 0 Å². The van der Waals surface area contributed by atoms with Crippen molar-refractivity contribution in [2.75, 3.05) is 12.8 Å². The summed E-state index contributed by atoms with van der Waals surface area (Å²) in [5.74, 6) is -0.339. The van der Waals surface area contributed by atoms with Gasteiger partial charge in [-0.15, -0.1) is 0 Å². The minimum atomic E-state index is -0.339. The number of rotatable bonds is 4.